The lowest BCUT2D eigenvalue weighted by atomic mass is 10.1. The van der Waals surface area contributed by atoms with Crippen LogP contribution in [0.25, 0.3) is 0 Å². The van der Waals surface area contributed by atoms with E-state index in [2.05, 4.69) is 5.32 Å². The highest BCUT2D eigenvalue weighted by molar-refractivity contribution is 6.31. The van der Waals surface area contributed by atoms with Crippen molar-refractivity contribution >= 4 is 29.9 Å². The molecule has 1 fully saturated rings. The molecule has 1 aromatic rings. The molecule has 1 amide bonds. The largest absolute Gasteiger partial charge is 0.337 e. The van der Waals surface area contributed by atoms with Gasteiger partial charge in [-0.3, -0.25) is 4.79 Å². The molecule has 0 spiro atoms. The summed E-state index contributed by atoms with van der Waals surface area (Å²) in [7, 11) is 1.87. The molecule has 0 aromatic heterocycles. The third-order valence-electron chi connectivity index (χ3n) is 3.31. The Balaban J connectivity index is 0.00000162. The molecule has 3 nitrogen and oxygen atoms in total. The van der Waals surface area contributed by atoms with Crippen LogP contribution < -0.4 is 5.32 Å². The molecule has 1 aromatic carbocycles. The number of rotatable bonds is 2. The fourth-order valence-electron chi connectivity index (χ4n) is 2.12. The van der Waals surface area contributed by atoms with Crippen molar-refractivity contribution < 1.29 is 4.79 Å². The number of halogens is 2. The van der Waals surface area contributed by atoms with Gasteiger partial charge in [-0.2, -0.15) is 0 Å². The van der Waals surface area contributed by atoms with Gasteiger partial charge >= 0.3 is 0 Å². The molecule has 1 atom stereocenters. The number of carbonyl (C=O) groups excluding carboxylic acids is 1. The maximum absolute atomic E-state index is 12.3. The van der Waals surface area contributed by atoms with Gasteiger partial charge in [0.15, 0.2) is 0 Å². The first-order valence-corrected chi connectivity index (χ1v) is 6.21. The van der Waals surface area contributed by atoms with E-state index in [0.29, 0.717) is 16.6 Å². The van der Waals surface area contributed by atoms with Gasteiger partial charge in [-0.05, 0) is 43.7 Å². The van der Waals surface area contributed by atoms with Crippen molar-refractivity contribution in [1.82, 2.24) is 10.2 Å². The predicted octanol–water partition coefficient (Wildman–Crippen LogP) is 2.50. The van der Waals surface area contributed by atoms with Crippen molar-refractivity contribution in [2.45, 2.75) is 19.4 Å². The molecule has 5 heteroatoms. The summed E-state index contributed by atoms with van der Waals surface area (Å²) in [6, 6.07) is 5.73. The highest BCUT2D eigenvalue weighted by Crippen LogP contribution is 2.18. The second-order valence-electron chi connectivity index (χ2n) is 4.53. The summed E-state index contributed by atoms with van der Waals surface area (Å²) in [4.78, 5) is 14.1. The number of benzene rings is 1. The van der Waals surface area contributed by atoms with E-state index in [1.807, 2.05) is 24.9 Å². The molecule has 100 valence electrons. The van der Waals surface area contributed by atoms with E-state index in [-0.39, 0.29) is 18.3 Å². The Morgan fingerprint density at radius 2 is 2.22 bits per heavy atom. The minimum atomic E-state index is 0. The zero-order valence-electron chi connectivity index (χ0n) is 10.6. The van der Waals surface area contributed by atoms with Crippen LogP contribution in [0.3, 0.4) is 0 Å². The average Bonchev–Trinajstić information content (AvgIpc) is 2.84. The van der Waals surface area contributed by atoms with Gasteiger partial charge in [0.2, 0.25) is 0 Å². The van der Waals surface area contributed by atoms with Crippen molar-refractivity contribution in [2.24, 2.45) is 0 Å². The molecule has 1 N–H and O–H groups in total. The maximum atomic E-state index is 12.3. The van der Waals surface area contributed by atoms with Gasteiger partial charge in [0, 0.05) is 30.2 Å². The first-order valence-electron chi connectivity index (χ1n) is 5.83. The van der Waals surface area contributed by atoms with Crippen LogP contribution in [0.5, 0.6) is 0 Å². The number of amides is 1. The molecule has 1 saturated heterocycles. The van der Waals surface area contributed by atoms with E-state index in [0.717, 1.165) is 25.1 Å². The molecule has 0 saturated carbocycles. The first-order chi connectivity index (χ1) is 8.09. The van der Waals surface area contributed by atoms with E-state index in [1.165, 1.54) is 0 Å². The zero-order valence-corrected chi connectivity index (χ0v) is 12.1. The van der Waals surface area contributed by atoms with Crippen LogP contribution in [0.4, 0.5) is 0 Å². The molecule has 0 bridgehead atoms. The Morgan fingerprint density at radius 3 is 2.78 bits per heavy atom. The summed E-state index contributed by atoms with van der Waals surface area (Å²) in [6.45, 7) is 3.78. The van der Waals surface area contributed by atoms with Gasteiger partial charge in [0.25, 0.3) is 5.91 Å². The quantitative estimate of drug-likeness (QED) is 0.907. The van der Waals surface area contributed by atoms with Gasteiger partial charge < -0.3 is 10.2 Å². The Bertz CT molecular complexity index is 431. The average molecular weight is 289 g/mol. The van der Waals surface area contributed by atoms with Crippen LogP contribution >= 0.6 is 24.0 Å². The van der Waals surface area contributed by atoms with Crippen LogP contribution in [-0.4, -0.2) is 37.0 Å². The SMILES string of the molecule is Cc1cc(C(=O)N(C)C2CCNC2)ccc1Cl.Cl. The number of hydrogen-bond donors (Lipinski definition) is 1. The molecule has 2 rings (SSSR count). The lowest BCUT2D eigenvalue weighted by molar-refractivity contribution is 0.0743. The third-order valence-corrected chi connectivity index (χ3v) is 3.73. The third kappa shape index (κ3) is 3.16. The van der Waals surface area contributed by atoms with Gasteiger partial charge in [-0.15, -0.1) is 12.4 Å². The Kier molecular flexibility index (Phi) is 5.45. The van der Waals surface area contributed by atoms with Crippen LogP contribution in [0.1, 0.15) is 22.3 Å². The Labute approximate surface area is 119 Å². The van der Waals surface area contributed by atoms with Crippen LogP contribution in [0.15, 0.2) is 18.2 Å². The minimum Gasteiger partial charge on any atom is -0.337 e. The molecule has 1 aliphatic rings. The first kappa shape index (κ1) is 15.3. The minimum absolute atomic E-state index is 0. The predicted molar refractivity (Wildman–Crippen MR) is 76.8 cm³/mol. The molecule has 0 radical (unpaired) electrons. The van der Waals surface area contributed by atoms with E-state index >= 15 is 0 Å². The number of carbonyl (C=O) groups is 1. The molecular formula is C13H18Cl2N2O. The van der Waals surface area contributed by atoms with Crippen LogP contribution in [-0.2, 0) is 0 Å². The van der Waals surface area contributed by atoms with Crippen molar-refractivity contribution in [1.29, 1.82) is 0 Å². The number of nitrogens with zero attached hydrogens (tertiary/aromatic N) is 1. The number of hydrogen-bond acceptors (Lipinski definition) is 2. The molecular weight excluding hydrogens is 271 g/mol. The van der Waals surface area contributed by atoms with Gasteiger partial charge in [-0.25, -0.2) is 0 Å². The van der Waals surface area contributed by atoms with Gasteiger partial charge in [0.1, 0.15) is 0 Å². The fourth-order valence-corrected chi connectivity index (χ4v) is 2.23. The maximum Gasteiger partial charge on any atom is 0.253 e. The Hall–Kier alpha value is -0.770. The van der Waals surface area contributed by atoms with E-state index in [1.54, 1.807) is 12.1 Å². The second kappa shape index (κ2) is 6.41. The van der Waals surface area contributed by atoms with Crippen LogP contribution in [0.2, 0.25) is 5.02 Å². The normalized spacial score (nSPS) is 18.3. The van der Waals surface area contributed by atoms with E-state index < -0.39 is 0 Å². The fraction of sp³-hybridized carbons (Fsp3) is 0.462. The lowest BCUT2D eigenvalue weighted by Gasteiger charge is -2.24. The zero-order chi connectivity index (χ0) is 12.4. The van der Waals surface area contributed by atoms with Crippen LogP contribution in [0, 0.1) is 6.92 Å². The highest BCUT2D eigenvalue weighted by atomic mass is 35.5. The highest BCUT2D eigenvalue weighted by Gasteiger charge is 2.24. The number of likely N-dealkylation sites (N-methyl/N-ethyl adjacent to an activating group) is 1. The summed E-state index contributed by atoms with van der Waals surface area (Å²) >= 11 is 5.96. The smallest absolute Gasteiger partial charge is 0.253 e. The number of nitrogens with one attached hydrogen (secondary N) is 1. The monoisotopic (exact) mass is 288 g/mol. The lowest BCUT2D eigenvalue weighted by Crippen LogP contribution is -2.38. The summed E-state index contributed by atoms with van der Waals surface area (Å²) in [6.07, 6.45) is 1.02. The van der Waals surface area contributed by atoms with Gasteiger partial charge in [-0.1, -0.05) is 11.6 Å². The Morgan fingerprint density at radius 1 is 1.50 bits per heavy atom. The standard InChI is InChI=1S/C13H17ClN2O.ClH/c1-9-7-10(3-4-12(9)14)13(17)16(2)11-5-6-15-8-11;/h3-4,7,11,15H,5-6,8H2,1-2H3;1H. The molecule has 1 aliphatic heterocycles. The van der Waals surface area contributed by atoms with Crippen molar-refractivity contribution in [3.8, 4) is 0 Å². The van der Waals surface area contributed by atoms with E-state index in [9.17, 15) is 4.79 Å². The van der Waals surface area contributed by atoms with Crippen molar-refractivity contribution in [3.63, 3.8) is 0 Å². The summed E-state index contributed by atoms with van der Waals surface area (Å²) in [5.41, 5.74) is 1.65. The summed E-state index contributed by atoms with van der Waals surface area (Å²) in [5.74, 6) is 0.0680. The molecule has 1 heterocycles. The second-order valence-corrected chi connectivity index (χ2v) is 4.93. The molecule has 0 aliphatic carbocycles. The summed E-state index contributed by atoms with van der Waals surface area (Å²) < 4.78 is 0. The van der Waals surface area contributed by atoms with Crippen molar-refractivity contribution in [2.75, 3.05) is 20.1 Å². The summed E-state index contributed by atoms with van der Waals surface area (Å²) in [5, 5.41) is 3.97. The van der Waals surface area contributed by atoms with Crippen molar-refractivity contribution in [3.05, 3.63) is 34.3 Å². The molecule has 1 unspecified atom stereocenters. The van der Waals surface area contributed by atoms with E-state index in [4.69, 9.17) is 11.6 Å². The number of aryl methyl sites for hydroxylation is 1. The molecule has 18 heavy (non-hydrogen) atoms. The van der Waals surface area contributed by atoms with Gasteiger partial charge in [0.05, 0.1) is 0 Å². The topological polar surface area (TPSA) is 32.3 Å².